The lowest BCUT2D eigenvalue weighted by Crippen LogP contribution is -2.25. The lowest BCUT2D eigenvalue weighted by molar-refractivity contribution is -0.116. The summed E-state index contributed by atoms with van der Waals surface area (Å²) in [5, 5.41) is 4.66. The Kier molecular flexibility index (Phi) is 3.98. The smallest absolute Gasteiger partial charge is 0.420 e. The summed E-state index contributed by atoms with van der Waals surface area (Å²) in [5.41, 5.74) is 1.22. The van der Waals surface area contributed by atoms with Crippen LogP contribution in [0, 0.1) is 0 Å². The number of nitrogens with zero attached hydrogens (tertiary/aromatic N) is 1. The summed E-state index contributed by atoms with van der Waals surface area (Å²) >= 11 is 1.20. The summed E-state index contributed by atoms with van der Waals surface area (Å²) in [5.74, 6) is -1.58. The van der Waals surface area contributed by atoms with Crippen LogP contribution in [0.4, 0.5) is 5.00 Å². The Bertz CT molecular complexity index is 937. The number of hydrogen-bond donors (Lipinski definition) is 1. The van der Waals surface area contributed by atoms with Crippen molar-refractivity contribution in [2.45, 2.75) is 6.54 Å². The van der Waals surface area contributed by atoms with Crippen LogP contribution in [-0.2, 0) is 16.1 Å². The molecule has 2 heterocycles. The van der Waals surface area contributed by atoms with E-state index in [4.69, 9.17) is 4.42 Å². The van der Waals surface area contributed by atoms with E-state index in [-0.39, 0.29) is 12.1 Å². The number of carbonyl (C=O) groups is 2. The second-order valence-corrected chi connectivity index (χ2v) is 5.54. The van der Waals surface area contributed by atoms with E-state index in [1.165, 1.54) is 23.0 Å². The predicted octanol–water partition coefficient (Wildman–Crippen LogP) is 2.08. The zero-order valence-corrected chi connectivity index (χ0v) is 12.9. The van der Waals surface area contributed by atoms with Gasteiger partial charge in [-0.1, -0.05) is 12.1 Å². The number of thiophene rings is 1. The monoisotopic (exact) mass is 332 g/mol. The minimum Gasteiger partial charge on any atom is -0.465 e. The van der Waals surface area contributed by atoms with Crippen molar-refractivity contribution in [3.63, 3.8) is 0 Å². The Morgan fingerprint density at radius 3 is 2.87 bits per heavy atom. The first-order chi connectivity index (χ1) is 11.1. The normalized spacial score (nSPS) is 10.7. The summed E-state index contributed by atoms with van der Waals surface area (Å²) in [6.45, 7) is -0.214. The summed E-state index contributed by atoms with van der Waals surface area (Å²) < 4.78 is 10.9. The van der Waals surface area contributed by atoms with Gasteiger partial charge in [-0.05, 0) is 23.6 Å². The molecule has 0 aliphatic rings. The number of anilines is 1. The zero-order chi connectivity index (χ0) is 16.4. The van der Waals surface area contributed by atoms with Crippen molar-refractivity contribution in [2.24, 2.45) is 0 Å². The molecule has 0 fully saturated rings. The quantitative estimate of drug-likeness (QED) is 0.739. The van der Waals surface area contributed by atoms with Gasteiger partial charge in [0.15, 0.2) is 5.58 Å². The van der Waals surface area contributed by atoms with Crippen molar-refractivity contribution in [3.8, 4) is 0 Å². The highest BCUT2D eigenvalue weighted by atomic mass is 32.1. The second-order valence-electron chi connectivity index (χ2n) is 4.62. The number of esters is 1. The van der Waals surface area contributed by atoms with Gasteiger partial charge >= 0.3 is 11.7 Å². The topological polar surface area (TPSA) is 90.5 Å². The molecule has 23 heavy (non-hydrogen) atoms. The van der Waals surface area contributed by atoms with Gasteiger partial charge in [0.2, 0.25) is 5.91 Å². The first-order valence-corrected chi connectivity index (χ1v) is 7.52. The molecule has 3 rings (SSSR count). The van der Waals surface area contributed by atoms with Gasteiger partial charge in [0.25, 0.3) is 0 Å². The Labute approximate surface area is 134 Å². The van der Waals surface area contributed by atoms with Gasteiger partial charge in [0.1, 0.15) is 11.5 Å². The number of fused-ring (bicyclic) bond motifs is 1. The molecule has 0 radical (unpaired) electrons. The van der Waals surface area contributed by atoms with Crippen LogP contribution in [0.3, 0.4) is 0 Å². The van der Waals surface area contributed by atoms with Crippen LogP contribution in [0.5, 0.6) is 0 Å². The van der Waals surface area contributed by atoms with Crippen LogP contribution in [0.1, 0.15) is 10.4 Å². The number of para-hydroxylation sites is 2. The molecule has 0 aliphatic carbocycles. The maximum atomic E-state index is 12.2. The number of benzene rings is 1. The highest BCUT2D eigenvalue weighted by Gasteiger charge is 2.17. The van der Waals surface area contributed by atoms with Gasteiger partial charge < -0.3 is 14.5 Å². The van der Waals surface area contributed by atoms with Gasteiger partial charge in [-0.2, -0.15) is 0 Å². The molecule has 0 unspecified atom stereocenters. The molecule has 0 atom stereocenters. The van der Waals surface area contributed by atoms with Crippen molar-refractivity contribution in [1.82, 2.24) is 4.57 Å². The van der Waals surface area contributed by atoms with Crippen LogP contribution in [0.25, 0.3) is 11.1 Å². The van der Waals surface area contributed by atoms with Crippen LogP contribution >= 0.6 is 11.3 Å². The van der Waals surface area contributed by atoms with Crippen LogP contribution in [-0.4, -0.2) is 23.6 Å². The lowest BCUT2D eigenvalue weighted by Gasteiger charge is -2.05. The van der Waals surface area contributed by atoms with E-state index >= 15 is 0 Å². The average molecular weight is 332 g/mol. The number of amides is 1. The third-order valence-corrected chi connectivity index (χ3v) is 4.03. The minimum atomic E-state index is -0.610. The van der Waals surface area contributed by atoms with Crippen molar-refractivity contribution in [3.05, 3.63) is 51.8 Å². The van der Waals surface area contributed by atoms with Gasteiger partial charge in [-0.15, -0.1) is 11.3 Å². The molecule has 8 heteroatoms. The number of methoxy groups -OCH3 is 1. The molecule has 0 saturated carbocycles. The van der Waals surface area contributed by atoms with E-state index in [2.05, 4.69) is 10.1 Å². The van der Waals surface area contributed by atoms with Gasteiger partial charge in [-0.25, -0.2) is 9.59 Å². The van der Waals surface area contributed by atoms with Gasteiger partial charge in [0.05, 0.1) is 18.2 Å². The van der Waals surface area contributed by atoms with E-state index in [1.807, 2.05) is 0 Å². The fraction of sp³-hybridized carbons (Fsp3) is 0.133. The van der Waals surface area contributed by atoms with Crippen LogP contribution in [0.2, 0.25) is 0 Å². The number of rotatable bonds is 4. The minimum absolute atomic E-state index is 0.214. The largest absolute Gasteiger partial charge is 0.465 e. The van der Waals surface area contributed by atoms with E-state index < -0.39 is 17.6 Å². The maximum Gasteiger partial charge on any atom is 0.420 e. The predicted molar refractivity (Wildman–Crippen MR) is 84.8 cm³/mol. The van der Waals surface area contributed by atoms with Crippen molar-refractivity contribution in [1.29, 1.82) is 0 Å². The molecular weight excluding hydrogens is 320 g/mol. The number of hydrogen-bond acceptors (Lipinski definition) is 6. The van der Waals surface area contributed by atoms with Crippen molar-refractivity contribution < 1.29 is 18.7 Å². The Morgan fingerprint density at radius 2 is 2.09 bits per heavy atom. The molecule has 1 aromatic carbocycles. The van der Waals surface area contributed by atoms with Crippen molar-refractivity contribution >= 4 is 39.3 Å². The Balaban J connectivity index is 1.82. The molecule has 0 saturated heterocycles. The Hall–Kier alpha value is -2.87. The molecule has 7 nitrogen and oxygen atoms in total. The van der Waals surface area contributed by atoms with Gasteiger partial charge in [0, 0.05) is 0 Å². The molecule has 1 amide bonds. The number of nitrogens with one attached hydrogen (secondary N) is 1. The standard InChI is InChI=1S/C15H12N2O5S/c1-21-14(19)9-6-7-23-13(9)16-12(18)8-17-10-4-2-3-5-11(10)22-15(17)20/h2-7H,8H2,1H3,(H,16,18). The van der Waals surface area contributed by atoms with E-state index in [0.717, 1.165) is 0 Å². The number of oxazole rings is 1. The van der Waals surface area contributed by atoms with Crippen molar-refractivity contribution in [2.75, 3.05) is 12.4 Å². The number of carbonyl (C=O) groups excluding carboxylic acids is 2. The third kappa shape index (κ3) is 2.88. The number of ether oxygens (including phenoxy) is 1. The summed E-state index contributed by atoms with van der Waals surface area (Å²) in [4.78, 5) is 35.6. The maximum absolute atomic E-state index is 12.2. The highest BCUT2D eigenvalue weighted by molar-refractivity contribution is 7.14. The van der Waals surface area contributed by atoms with Crippen LogP contribution in [0.15, 0.2) is 44.9 Å². The van der Waals surface area contributed by atoms with E-state index in [1.54, 1.807) is 35.7 Å². The fourth-order valence-corrected chi connectivity index (χ4v) is 2.94. The summed E-state index contributed by atoms with van der Waals surface area (Å²) in [7, 11) is 1.27. The molecule has 118 valence electrons. The molecule has 0 bridgehead atoms. The third-order valence-electron chi connectivity index (χ3n) is 3.20. The molecule has 1 N–H and O–H groups in total. The highest BCUT2D eigenvalue weighted by Crippen LogP contribution is 2.24. The van der Waals surface area contributed by atoms with Crippen LogP contribution < -0.4 is 11.1 Å². The molecule has 2 aromatic heterocycles. The second kappa shape index (κ2) is 6.09. The first-order valence-electron chi connectivity index (χ1n) is 6.64. The summed E-state index contributed by atoms with van der Waals surface area (Å²) in [6.07, 6.45) is 0. The lowest BCUT2D eigenvalue weighted by atomic mass is 10.3. The fourth-order valence-electron chi connectivity index (χ4n) is 2.15. The van der Waals surface area contributed by atoms with Gasteiger partial charge in [-0.3, -0.25) is 9.36 Å². The van der Waals surface area contributed by atoms with E-state index in [9.17, 15) is 14.4 Å². The molecule has 3 aromatic rings. The summed E-state index contributed by atoms with van der Waals surface area (Å²) in [6, 6.07) is 8.40. The first kappa shape index (κ1) is 15.0. The zero-order valence-electron chi connectivity index (χ0n) is 12.1. The Morgan fingerprint density at radius 1 is 1.30 bits per heavy atom. The molecular formula is C15H12N2O5S. The molecule has 0 spiro atoms. The number of aromatic nitrogens is 1. The SMILES string of the molecule is COC(=O)c1ccsc1NC(=O)Cn1c(=O)oc2ccccc21. The molecule has 0 aliphatic heterocycles. The average Bonchev–Trinajstić information content (AvgIpc) is 3.12. The van der Waals surface area contributed by atoms with E-state index in [0.29, 0.717) is 16.1 Å².